The van der Waals surface area contributed by atoms with Crippen LogP contribution in [-0.2, 0) is 14.9 Å². The van der Waals surface area contributed by atoms with E-state index in [2.05, 4.69) is 31.4 Å². The molecule has 0 aliphatic rings. The van der Waals surface area contributed by atoms with E-state index in [1.165, 1.54) is 23.1 Å². The Kier molecular flexibility index (Phi) is 8.82. The molecule has 36 heavy (non-hydrogen) atoms. The van der Waals surface area contributed by atoms with Gasteiger partial charge in [0.05, 0.1) is 11.4 Å². The fourth-order valence-electron chi connectivity index (χ4n) is 3.50. The van der Waals surface area contributed by atoms with Crippen LogP contribution in [0.5, 0.6) is 0 Å². The van der Waals surface area contributed by atoms with E-state index < -0.39 is 11.8 Å². The number of carbonyl (C=O) groups is 2. The standard InChI is InChI=1S/C27H34FN5O3/c1-19-10-12-22(13-11-19)33-24(17-23(31-33)27(2,3)4)30-25(34)18-32(14-7-15-36-5)26(35)29-21-9-6-8-20(28)16-21/h6,8-13,16-17H,7,14-15,18H2,1-5H3,(H,29,35)(H,30,34). The van der Waals surface area contributed by atoms with E-state index in [-0.39, 0.29) is 24.4 Å². The summed E-state index contributed by atoms with van der Waals surface area (Å²) >= 11 is 0. The maximum absolute atomic E-state index is 13.6. The van der Waals surface area contributed by atoms with Crippen LogP contribution < -0.4 is 10.6 Å². The van der Waals surface area contributed by atoms with Gasteiger partial charge in [0.1, 0.15) is 18.2 Å². The minimum Gasteiger partial charge on any atom is -0.385 e. The Bertz CT molecular complexity index is 1180. The maximum Gasteiger partial charge on any atom is 0.322 e. The van der Waals surface area contributed by atoms with Gasteiger partial charge in [-0.2, -0.15) is 5.10 Å². The number of anilines is 2. The number of ether oxygens (including phenoxy) is 1. The zero-order valence-corrected chi connectivity index (χ0v) is 21.5. The second-order valence-electron chi connectivity index (χ2n) is 9.67. The Balaban J connectivity index is 1.80. The molecule has 9 heteroatoms. The molecule has 0 saturated carbocycles. The zero-order valence-electron chi connectivity index (χ0n) is 21.5. The molecule has 192 valence electrons. The number of hydrogen-bond acceptors (Lipinski definition) is 4. The lowest BCUT2D eigenvalue weighted by Crippen LogP contribution is -2.41. The molecule has 8 nitrogen and oxygen atoms in total. The summed E-state index contributed by atoms with van der Waals surface area (Å²) in [5.41, 5.74) is 2.83. The maximum atomic E-state index is 13.6. The molecule has 3 aromatic rings. The van der Waals surface area contributed by atoms with E-state index in [1.807, 2.05) is 37.3 Å². The molecule has 1 aromatic heterocycles. The van der Waals surface area contributed by atoms with Crippen molar-refractivity contribution in [1.29, 1.82) is 0 Å². The normalized spacial score (nSPS) is 11.3. The summed E-state index contributed by atoms with van der Waals surface area (Å²) < 4.78 is 20.3. The number of rotatable bonds is 9. The Labute approximate surface area is 211 Å². The topological polar surface area (TPSA) is 88.5 Å². The highest BCUT2D eigenvalue weighted by Gasteiger charge is 2.23. The van der Waals surface area contributed by atoms with Crippen molar-refractivity contribution < 1.29 is 18.7 Å². The predicted octanol–water partition coefficient (Wildman–Crippen LogP) is 5.13. The Morgan fingerprint density at radius 1 is 1.08 bits per heavy atom. The summed E-state index contributed by atoms with van der Waals surface area (Å²) in [7, 11) is 1.57. The van der Waals surface area contributed by atoms with Crippen molar-refractivity contribution >= 4 is 23.4 Å². The fourth-order valence-corrected chi connectivity index (χ4v) is 3.50. The summed E-state index contributed by atoms with van der Waals surface area (Å²) in [5.74, 6) is -0.331. The van der Waals surface area contributed by atoms with Crippen molar-refractivity contribution in [1.82, 2.24) is 14.7 Å². The van der Waals surface area contributed by atoms with Crippen molar-refractivity contribution in [2.75, 3.05) is 37.4 Å². The molecular formula is C27H34FN5O3. The van der Waals surface area contributed by atoms with E-state index >= 15 is 0 Å². The molecule has 1 heterocycles. The van der Waals surface area contributed by atoms with E-state index in [1.54, 1.807) is 17.9 Å². The molecule has 0 bridgehead atoms. The first-order valence-corrected chi connectivity index (χ1v) is 11.8. The minimum absolute atomic E-state index is 0.200. The molecule has 0 atom stereocenters. The van der Waals surface area contributed by atoms with Crippen LogP contribution in [0.4, 0.5) is 20.7 Å². The summed E-state index contributed by atoms with van der Waals surface area (Å²) in [6, 6.07) is 14.8. The third-order valence-corrected chi connectivity index (χ3v) is 5.50. The van der Waals surface area contributed by atoms with Gasteiger partial charge in [0.15, 0.2) is 0 Å². The lowest BCUT2D eigenvalue weighted by Gasteiger charge is -2.22. The van der Waals surface area contributed by atoms with Crippen molar-refractivity contribution in [3.05, 3.63) is 71.7 Å². The van der Waals surface area contributed by atoms with Gasteiger partial charge in [-0.15, -0.1) is 0 Å². The molecule has 0 aliphatic carbocycles. The monoisotopic (exact) mass is 495 g/mol. The molecule has 2 N–H and O–H groups in total. The zero-order chi connectivity index (χ0) is 26.3. The summed E-state index contributed by atoms with van der Waals surface area (Å²) in [6.45, 7) is 8.67. The Morgan fingerprint density at radius 3 is 2.44 bits per heavy atom. The van der Waals surface area contributed by atoms with Crippen LogP contribution in [0, 0.1) is 12.7 Å². The third kappa shape index (κ3) is 7.39. The summed E-state index contributed by atoms with van der Waals surface area (Å²) in [4.78, 5) is 27.4. The third-order valence-electron chi connectivity index (χ3n) is 5.50. The van der Waals surface area contributed by atoms with Crippen molar-refractivity contribution in [3.63, 3.8) is 0 Å². The molecule has 0 radical (unpaired) electrons. The van der Waals surface area contributed by atoms with Gasteiger partial charge < -0.3 is 20.3 Å². The second-order valence-corrected chi connectivity index (χ2v) is 9.67. The molecule has 2 aromatic carbocycles. The van der Waals surface area contributed by atoms with Gasteiger partial charge in [-0.3, -0.25) is 4.79 Å². The van der Waals surface area contributed by atoms with E-state index in [0.717, 1.165) is 16.9 Å². The fraction of sp³-hybridized carbons (Fsp3) is 0.370. The predicted molar refractivity (Wildman–Crippen MR) is 139 cm³/mol. The van der Waals surface area contributed by atoms with Crippen LogP contribution in [0.2, 0.25) is 0 Å². The molecule has 0 unspecified atom stereocenters. The molecule has 0 aliphatic heterocycles. The average Bonchev–Trinajstić information content (AvgIpc) is 3.23. The van der Waals surface area contributed by atoms with Gasteiger partial charge in [0.25, 0.3) is 0 Å². The van der Waals surface area contributed by atoms with Gasteiger partial charge in [-0.05, 0) is 43.7 Å². The first-order valence-electron chi connectivity index (χ1n) is 11.8. The Hall–Kier alpha value is -3.72. The van der Waals surface area contributed by atoms with E-state index in [0.29, 0.717) is 24.5 Å². The molecule has 0 saturated heterocycles. The molecule has 0 fully saturated rings. The summed E-state index contributed by atoms with van der Waals surface area (Å²) in [6.07, 6.45) is 0.538. The number of benzene rings is 2. The highest BCUT2D eigenvalue weighted by atomic mass is 19.1. The average molecular weight is 496 g/mol. The lowest BCUT2D eigenvalue weighted by molar-refractivity contribution is -0.116. The van der Waals surface area contributed by atoms with E-state index in [4.69, 9.17) is 9.84 Å². The first-order chi connectivity index (χ1) is 17.1. The van der Waals surface area contributed by atoms with Gasteiger partial charge in [0.2, 0.25) is 5.91 Å². The van der Waals surface area contributed by atoms with Gasteiger partial charge in [-0.25, -0.2) is 13.9 Å². The van der Waals surface area contributed by atoms with Crippen molar-refractivity contribution in [2.45, 2.75) is 39.5 Å². The number of nitrogens with one attached hydrogen (secondary N) is 2. The number of amides is 3. The van der Waals surface area contributed by atoms with E-state index in [9.17, 15) is 14.0 Å². The van der Waals surface area contributed by atoms with Crippen molar-refractivity contribution in [3.8, 4) is 5.69 Å². The lowest BCUT2D eigenvalue weighted by atomic mass is 9.92. The summed E-state index contributed by atoms with van der Waals surface area (Å²) in [5, 5.41) is 10.3. The van der Waals surface area contributed by atoms with Gasteiger partial charge >= 0.3 is 6.03 Å². The van der Waals surface area contributed by atoms with Crippen LogP contribution in [-0.4, -0.2) is 53.4 Å². The van der Waals surface area contributed by atoms with Gasteiger partial charge in [0, 0.05) is 37.4 Å². The van der Waals surface area contributed by atoms with Crippen LogP contribution >= 0.6 is 0 Å². The first kappa shape index (κ1) is 26.9. The van der Waals surface area contributed by atoms with Crippen LogP contribution in [0.15, 0.2) is 54.6 Å². The highest BCUT2D eigenvalue weighted by molar-refractivity contribution is 5.96. The minimum atomic E-state index is -0.505. The second kappa shape index (κ2) is 11.8. The van der Waals surface area contributed by atoms with Crippen LogP contribution in [0.1, 0.15) is 38.4 Å². The quantitative estimate of drug-likeness (QED) is 0.403. The Morgan fingerprint density at radius 2 is 1.81 bits per heavy atom. The molecule has 3 rings (SSSR count). The molecular weight excluding hydrogens is 461 g/mol. The number of aryl methyl sites for hydroxylation is 1. The molecule has 0 spiro atoms. The van der Waals surface area contributed by atoms with Crippen molar-refractivity contribution in [2.24, 2.45) is 0 Å². The number of methoxy groups -OCH3 is 1. The SMILES string of the molecule is COCCCN(CC(=O)Nc1cc(C(C)(C)C)nn1-c1ccc(C)cc1)C(=O)Nc1cccc(F)c1. The highest BCUT2D eigenvalue weighted by Crippen LogP contribution is 2.26. The largest absolute Gasteiger partial charge is 0.385 e. The van der Waals surface area contributed by atoms with Gasteiger partial charge in [-0.1, -0.05) is 44.5 Å². The number of aromatic nitrogens is 2. The molecule has 3 amide bonds. The number of urea groups is 1. The number of halogens is 1. The number of hydrogen-bond donors (Lipinski definition) is 2. The number of nitrogens with zero attached hydrogens (tertiary/aromatic N) is 3. The number of carbonyl (C=O) groups excluding carboxylic acids is 2. The smallest absolute Gasteiger partial charge is 0.322 e. The van der Waals surface area contributed by atoms with Crippen LogP contribution in [0.25, 0.3) is 5.69 Å². The van der Waals surface area contributed by atoms with Crippen LogP contribution in [0.3, 0.4) is 0 Å².